The van der Waals surface area contributed by atoms with Gasteiger partial charge in [-0.15, -0.1) is 0 Å². The maximum atomic E-state index is 13.8. The van der Waals surface area contributed by atoms with Gasteiger partial charge in [0.25, 0.3) is 5.91 Å². The summed E-state index contributed by atoms with van der Waals surface area (Å²) in [6, 6.07) is 22.7. The molecule has 8 nitrogen and oxygen atoms in total. The van der Waals surface area contributed by atoms with E-state index in [1.165, 1.54) is 16.7 Å². The van der Waals surface area contributed by atoms with Crippen LogP contribution in [0.5, 0.6) is 5.75 Å². The summed E-state index contributed by atoms with van der Waals surface area (Å²) in [6.07, 6.45) is 0. The Hall–Kier alpha value is -3.86. The van der Waals surface area contributed by atoms with Crippen LogP contribution in [0, 0.1) is 5.92 Å². The lowest BCUT2D eigenvalue weighted by atomic mass is 9.83. The van der Waals surface area contributed by atoms with E-state index < -0.39 is 17.1 Å². The average Bonchev–Trinajstić information content (AvgIpc) is 3.43. The molecule has 39 heavy (non-hydrogen) atoms. The summed E-state index contributed by atoms with van der Waals surface area (Å²) in [5.41, 5.74) is 1.82. The predicted molar refractivity (Wildman–Crippen MR) is 151 cm³/mol. The van der Waals surface area contributed by atoms with Crippen LogP contribution in [0.3, 0.4) is 0 Å². The summed E-state index contributed by atoms with van der Waals surface area (Å²) in [5.74, 6) is -1.85. The maximum Gasteiger partial charge on any atom is 0.305 e. The number of aromatic amines is 1. The highest BCUT2D eigenvalue weighted by molar-refractivity contribution is 8.00. The van der Waals surface area contributed by atoms with Gasteiger partial charge < -0.3 is 15.0 Å². The molecule has 3 atom stereocenters. The van der Waals surface area contributed by atoms with Crippen LogP contribution in [0.15, 0.2) is 88.7 Å². The minimum atomic E-state index is -0.728. The minimum absolute atomic E-state index is 0.213. The molecular formula is C28H20ClN3O5S2. The van der Waals surface area contributed by atoms with Crippen LogP contribution in [0.25, 0.3) is 0 Å². The number of ether oxygens (including phenoxy) is 1. The van der Waals surface area contributed by atoms with E-state index in [1.807, 2.05) is 24.3 Å². The van der Waals surface area contributed by atoms with Crippen LogP contribution >= 0.6 is 34.7 Å². The third-order valence-corrected chi connectivity index (χ3v) is 9.21. The molecule has 11 heteroatoms. The second-order valence-corrected chi connectivity index (χ2v) is 11.6. The molecule has 4 aromatic rings. The van der Waals surface area contributed by atoms with Crippen molar-refractivity contribution in [2.75, 3.05) is 16.8 Å². The summed E-state index contributed by atoms with van der Waals surface area (Å²) >= 11 is 8.26. The smallest absolute Gasteiger partial charge is 0.305 e. The van der Waals surface area contributed by atoms with Gasteiger partial charge in [0.05, 0.1) is 16.6 Å². The van der Waals surface area contributed by atoms with E-state index in [0.29, 0.717) is 37.6 Å². The van der Waals surface area contributed by atoms with Crippen LogP contribution in [-0.2, 0) is 14.4 Å². The molecule has 0 aliphatic carbocycles. The van der Waals surface area contributed by atoms with E-state index in [9.17, 15) is 19.2 Å². The van der Waals surface area contributed by atoms with Crippen LogP contribution in [0.4, 0.5) is 11.4 Å². The van der Waals surface area contributed by atoms with Crippen molar-refractivity contribution in [3.8, 4) is 5.75 Å². The number of thioether (sulfide) groups is 1. The summed E-state index contributed by atoms with van der Waals surface area (Å²) in [5, 5.41) is 3.14. The molecule has 3 amide bonds. The Morgan fingerprint density at radius 3 is 2.51 bits per heavy atom. The third kappa shape index (κ3) is 4.87. The number of thiazole rings is 1. The number of rotatable bonds is 6. The quantitative estimate of drug-likeness (QED) is 0.316. The molecule has 0 unspecified atom stereocenters. The molecule has 0 bridgehead atoms. The Bertz CT molecular complexity index is 1640. The van der Waals surface area contributed by atoms with Gasteiger partial charge in [-0.1, -0.05) is 65.0 Å². The number of nitrogens with one attached hydrogen (secondary N) is 2. The van der Waals surface area contributed by atoms with Crippen LogP contribution in [0.1, 0.15) is 16.4 Å². The normalized spacial score (nSPS) is 19.9. The molecule has 2 aliphatic heterocycles. The molecular weight excluding hydrogens is 558 g/mol. The summed E-state index contributed by atoms with van der Waals surface area (Å²) in [7, 11) is 0. The summed E-state index contributed by atoms with van der Waals surface area (Å²) in [6.45, 7) is -0.213. The first-order valence-electron chi connectivity index (χ1n) is 12.0. The Morgan fingerprint density at radius 1 is 0.974 bits per heavy atom. The van der Waals surface area contributed by atoms with E-state index in [2.05, 4.69) is 10.3 Å². The first-order chi connectivity index (χ1) is 18.9. The van der Waals surface area contributed by atoms with Gasteiger partial charge in [0, 0.05) is 21.5 Å². The van der Waals surface area contributed by atoms with E-state index in [4.69, 9.17) is 16.3 Å². The van der Waals surface area contributed by atoms with E-state index >= 15 is 0 Å². The number of H-pyrrole nitrogens is 1. The van der Waals surface area contributed by atoms with Crippen molar-refractivity contribution in [3.05, 3.63) is 104 Å². The van der Waals surface area contributed by atoms with Gasteiger partial charge in [-0.2, -0.15) is 0 Å². The average molecular weight is 578 g/mol. The monoisotopic (exact) mass is 577 g/mol. The van der Waals surface area contributed by atoms with E-state index in [-0.39, 0.29) is 29.2 Å². The molecule has 3 heterocycles. The standard InChI is InChI=1S/C28H20ClN3O5S2/c29-16-9-11-18(12-10-16)32-26(34)22-21(23-25(31-28(36)39-23)38-24(22)27(32)35)15-5-4-8-19(13-15)37-14-20(33)30-17-6-2-1-3-7-17/h1-13,21-22,24H,14H2,(H,30,33)(H,31,36)/t21-,22-,24+/m0/s1. The maximum absolute atomic E-state index is 13.8. The zero-order chi connectivity index (χ0) is 27.1. The zero-order valence-electron chi connectivity index (χ0n) is 20.1. The number of carbonyl (C=O) groups is 3. The largest absolute Gasteiger partial charge is 0.484 e. The second-order valence-electron chi connectivity index (χ2n) is 9.01. The van der Waals surface area contributed by atoms with Crippen molar-refractivity contribution >= 4 is 63.8 Å². The fourth-order valence-corrected chi connectivity index (χ4v) is 7.53. The molecule has 0 spiro atoms. The Balaban J connectivity index is 1.30. The Kier molecular flexibility index (Phi) is 6.76. The number of hydrogen-bond donors (Lipinski definition) is 2. The molecule has 2 N–H and O–H groups in total. The number of fused-ring (bicyclic) bond motifs is 2. The highest BCUT2D eigenvalue weighted by atomic mass is 35.5. The second kappa shape index (κ2) is 10.4. The first-order valence-corrected chi connectivity index (χ1v) is 14.1. The molecule has 1 aromatic heterocycles. The predicted octanol–water partition coefficient (Wildman–Crippen LogP) is 4.90. The summed E-state index contributed by atoms with van der Waals surface area (Å²) in [4.78, 5) is 56.5. The van der Waals surface area contributed by atoms with E-state index in [0.717, 1.165) is 11.3 Å². The molecule has 196 valence electrons. The number of nitrogens with zero attached hydrogens (tertiary/aromatic N) is 1. The van der Waals surface area contributed by atoms with Crippen molar-refractivity contribution < 1.29 is 19.1 Å². The summed E-state index contributed by atoms with van der Waals surface area (Å²) < 4.78 is 5.77. The number of para-hydroxylation sites is 1. The minimum Gasteiger partial charge on any atom is -0.484 e. The van der Waals surface area contributed by atoms with Crippen LogP contribution < -0.4 is 19.8 Å². The number of anilines is 2. The van der Waals surface area contributed by atoms with Gasteiger partial charge >= 0.3 is 4.87 Å². The fourth-order valence-electron chi connectivity index (χ4n) is 4.89. The highest BCUT2D eigenvalue weighted by Crippen LogP contribution is 2.53. The van der Waals surface area contributed by atoms with Gasteiger partial charge in [0.1, 0.15) is 11.0 Å². The molecule has 2 aliphatic rings. The number of carbonyl (C=O) groups excluding carboxylic acids is 3. The van der Waals surface area contributed by atoms with Crippen molar-refractivity contribution in [2.45, 2.75) is 16.2 Å². The number of amides is 3. The molecule has 0 radical (unpaired) electrons. The lowest BCUT2D eigenvalue weighted by molar-refractivity contribution is -0.122. The van der Waals surface area contributed by atoms with Crippen molar-refractivity contribution in [3.63, 3.8) is 0 Å². The molecule has 0 saturated carbocycles. The van der Waals surface area contributed by atoms with Gasteiger partial charge in [0.2, 0.25) is 11.8 Å². The van der Waals surface area contributed by atoms with Gasteiger partial charge in [-0.05, 0) is 54.1 Å². The number of benzene rings is 3. The number of imide groups is 1. The fraction of sp³-hybridized carbons (Fsp3) is 0.143. The van der Waals surface area contributed by atoms with Crippen molar-refractivity contribution in [2.24, 2.45) is 5.92 Å². The lowest BCUT2D eigenvalue weighted by Crippen LogP contribution is -2.32. The third-order valence-electron chi connectivity index (χ3n) is 6.55. The van der Waals surface area contributed by atoms with E-state index in [1.54, 1.807) is 54.6 Å². The van der Waals surface area contributed by atoms with Gasteiger partial charge in [-0.3, -0.25) is 19.2 Å². The lowest BCUT2D eigenvalue weighted by Gasteiger charge is -2.30. The SMILES string of the molecule is O=C(COc1cccc([C@@H]2c3sc(=O)[nH]c3S[C@H]3C(=O)N(c4ccc(Cl)cc4)C(=O)[C@@H]23)c1)Nc1ccccc1. The Morgan fingerprint density at radius 2 is 1.74 bits per heavy atom. The number of halogens is 1. The van der Waals surface area contributed by atoms with Gasteiger partial charge in [0.15, 0.2) is 6.61 Å². The molecule has 1 fully saturated rings. The Labute approximate surface area is 236 Å². The first kappa shape index (κ1) is 25.4. The van der Waals surface area contributed by atoms with Crippen LogP contribution in [0.2, 0.25) is 5.02 Å². The van der Waals surface area contributed by atoms with Crippen molar-refractivity contribution in [1.82, 2.24) is 4.98 Å². The van der Waals surface area contributed by atoms with Gasteiger partial charge in [-0.25, -0.2) is 4.90 Å². The van der Waals surface area contributed by atoms with Crippen LogP contribution in [-0.4, -0.2) is 34.6 Å². The zero-order valence-corrected chi connectivity index (χ0v) is 22.5. The highest BCUT2D eigenvalue weighted by Gasteiger charge is 2.56. The number of hydrogen-bond acceptors (Lipinski definition) is 7. The molecule has 1 saturated heterocycles. The topological polar surface area (TPSA) is 109 Å². The number of aromatic nitrogens is 1. The molecule has 3 aromatic carbocycles. The molecule has 6 rings (SSSR count). The van der Waals surface area contributed by atoms with Crippen molar-refractivity contribution in [1.29, 1.82) is 0 Å².